The van der Waals surface area contributed by atoms with Gasteiger partial charge in [0.1, 0.15) is 0 Å². The van der Waals surface area contributed by atoms with Crippen molar-refractivity contribution < 1.29 is 0 Å². The molecule has 0 atom stereocenters. The highest BCUT2D eigenvalue weighted by molar-refractivity contribution is 4.99. The van der Waals surface area contributed by atoms with Gasteiger partial charge in [-0.15, -0.1) is 23.7 Å². The fourth-order valence-electron chi connectivity index (χ4n) is 1.19. The van der Waals surface area contributed by atoms with Crippen molar-refractivity contribution in [1.82, 2.24) is 4.90 Å². The van der Waals surface area contributed by atoms with Crippen LogP contribution in [0.15, 0.2) is 0 Å². The van der Waals surface area contributed by atoms with Crippen molar-refractivity contribution in [3.63, 3.8) is 0 Å². The predicted molar refractivity (Wildman–Crippen MR) is 67.2 cm³/mol. The Morgan fingerprint density at radius 2 is 1.33 bits per heavy atom. The fraction of sp³-hybridized carbons (Fsp3) is 0.643. The zero-order valence-corrected chi connectivity index (χ0v) is 10.1. The van der Waals surface area contributed by atoms with Gasteiger partial charge in [0, 0.05) is 38.8 Å². The molecule has 0 aromatic heterocycles. The van der Waals surface area contributed by atoms with Crippen molar-refractivity contribution in [3.8, 4) is 23.7 Å². The van der Waals surface area contributed by atoms with Crippen molar-refractivity contribution in [2.75, 3.05) is 19.6 Å². The van der Waals surface area contributed by atoms with Crippen LogP contribution in [0.1, 0.15) is 39.5 Å². The average molecular weight is 204 g/mol. The van der Waals surface area contributed by atoms with Crippen molar-refractivity contribution in [3.05, 3.63) is 6.92 Å². The molecular formula is C14H22N. The van der Waals surface area contributed by atoms with Crippen molar-refractivity contribution in [1.29, 1.82) is 0 Å². The van der Waals surface area contributed by atoms with E-state index in [9.17, 15) is 0 Å². The van der Waals surface area contributed by atoms with Gasteiger partial charge in [0.15, 0.2) is 0 Å². The topological polar surface area (TPSA) is 3.24 Å². The molecule has 0 aromatic carbocycles. The van der Waals surface area contributed by atoms with Gasteiger partial charge in [-0.2, -0.15) is 0 Å². The first-order valence-electron chi connectivity index (χ1n) is 5.78. The predicted octanol–water partition coefficient (Wildman–Crippen LogP) is 2.73. The first-order valence-corrected chi connectivity index (χ1v) is 5.78. The Kier molecular flexibility index (Phi) is 10.5. The van der Waals surface area contributed by atoms with Crippen LogP contribution in [0.2, 0.25) is 0 Å². The number of nitrogens with zero attached hydrogens (tertiary/aromatic N) is 1. The maximum Gasteiger partial charge on any atom is 0.0217 e. The third-order valence-electron chi connectivity index (χ3n) is 2.03. The molecule has 0 N–H and O–H groups in total. The van der Waals surface area contributed by atoms with E-state index >= 15 is 0 Å². The van der Waals surface area contributed by atoms with E-state index in [1.54, 1.807) is 0 Å². The van der Waals surface area contributed by atoms with E-state index < -0.39 is 0 Å². The van der Waals surface area contributed by atoms with Crippen LogP contribution in [0.3, 0.4) is 0 Å². The molecule has 1 heteroatoms. The van der Waals surface area contributed by atoms with Crippen LogP contribution >= 0.6 is 0 Å². The largest absolute Gasteiger partial charge is 0.301 e. The van der Waals surface area contributed by atoms with Gasteiger partial charge in [0.25, 0.3) is 0 Å². The van der Waals surface area contributed by atoms with Crippen LogP contribution in [-0.2, 0) is 0 Å². The minimum absolute atomic E-state index is 0.849. The molecule has 0 heterocycles. The number of rotatable bonds is 5. The molecule has 1 nitrogen and oxygen atoms in total. The van der Waals surface area contributed by atoms with Gasteiger partial charge in [0.2, 0.25) is 0 Å². The fourth-order valence-corrected chi connectivity index (χ4v) is 1.19. The highest BCUT2D eigenvalue weighted by Crippen LogP contribution is 1.92. The van der Waals surface area contributed by atoms with Crippen LogP contribution in [0.5, 0.6) is 0 Å². The second-order valence-electron chi connectivity index (χ2n) is 3.26. The average Bonchev–Trinajstić information content (AvgIpc) is 2.27. The van der Waals surface area contributed by atoms with E-state index in [1.807, 2.05) is 0 Å². The van der Waals surface area contributed by atoms with Crippen molar-refractivity contribution in [2.24, 2.45) is 0 Å². The Labute approximate surface area is 95.2 Å². The highest BCUT2D eigenvalue weighted by Gasteiger charge is 1.98. The summed E-state index contributed by atoms with van der Waals surface area (Å²) in [5.74, 6) is 12.5. The van der Waals surface area contributed by atoms with Crippen LogP contribution in [0.4, 0.5) is 0 Å². The smallest absolute Gasteiger partial charge is 0.0217 e. The molecule has 0 unspecified atom stereocenters. The first-order chi connectivity index (χ1) is 7.35. The zero-order valence-electron chi connectivity index (χ0n) is 10.1. The lowest BCUT2D eigenvalue weighted by Gasteiger charge is -2.17. The van der Waals surface area contributed by atoms with E-state index in [1.165, 1.54) is 0 Å². The van der Waals surface area contributed by atoms with E-state index in [2.05, 4.69) is 49.4 Å². The van der Waals surface area contributed by atoms with Gasteiger partial charge in [-0.1, -0.05) is 13.8 Å². The van der Waals surface area contributed by atoms with Gasteiger partial charge in [0.05, 0.1) is 0 Å². The first kappa shape index (κ1) is 14.1. The van der Waals surface area contributed by atoms with Gasteiger partial charge in [-0.05, 0) is 13.5 Å². The molecule has 0 aliphatic carbocycles. The zero-order chi connectivity index (χ0) is 11.4. The molecule has 1 radical (unpaired) electrons. The molecule has 0 rings (SSSR count). The summed E-state index contributed by atoms with van der Waals surface area (Å²) in [7, 11) is 0. The summed E-state index contributed by atoms with van der Waals surface area (Å²) in [4.78, 5) is 2.30. The minimum atomic E-state index is 0.849. The molecule has 0 bridgehead atoms. The summed E-state index contributed by atoms with van der Waals surface area (Å²) < 4.78 is 0. The molecule has 0 aliphatic rings. The molecule has 0 aliphatic heterocycles. The van der Waals surface area contributed by atoms with Gasteiger partial charge >= 0.3 is 0 Å². The van der Waals surface area contributed by atoms with Crippen molar-refractivity contribution in [2.45, 2.75) is 39.5 Å². The Hall–Kier alpha value is -0.920. The van der Waals surface area contributed by atoms with E-state index in [0.717, 1.165) is 45.3 Å². The molecule has 0 fully saturated rings. The lowest BCUT2D eigenvalue weighted by atomic mass is 10.3. The lowest BCUT2D eigenvalue weighted by molar-refractivity contribution is 0.316. The van der Waals surface area contributed by atoms with E-state index in [4.69, 9.17) is 0 Å². The van der Waals surface area contributed by atoms with Crippen LogP contribution < -0.4 is 0 Å². The SMILES string of the molecule is [CH2]CN(CCC#CCC)CCC#CCC. The van der Waals surface area contributed by atoms with Crippen LogP contribution in [0, 0.1) is 30.6 Å². The van der Waals surface area contributed by atoms with Gasteiger partial charge in [-0.25, -0.2) is 0 Å². The molecule has 0 saturated carbocycles. The summed E-state index contributed by atoms with van der Waals surface area (Å²) in [6, 6.07) is 0. The lowest BCUT2D eigenvalue weighted by Crippen LogP contribution is -2.25. The second-order valence-corrected chi connectivity index (χ2v) is 3.26. The van der Waals surface area contributed by atoms with Gasteiger partial charge < -0.3 is 4.90 Å². The Morgan fingerprint density at radius 3 is 1.67 bits per heavy atom. The van der Waals surface area contributed by atoms with E-state index in [0.29, 0.717) is 0 Å². The highest BCUT2D eigenvalue weighted by atomic mass is 15.1. The summed E-state index contributed by atoms with van der Waals surface area (Å²) in [6.45, 7) is 11.0. The van der Waals surface area contributed by atoms with E-state index in [-0.39, 0.29) is 0 Å². The Bertz CT molecular complexity index is 220. The summed E-state index contributed by atoms with van der Waals surface area (Å²) >= 11 is 0. The summed E-state index contributed by atoms with van der Waals surface area (Å²) in [5, 5.41) is 0. The molecule has 0 saturated heterocycles. The molecule has 15 heavy (non-hydrogen) atoms. The minimum Gasteiger partial charge on any atom is -0.301 e. The standard InChI is InChI=1S/C14H22N/c1-4-7-9-11-13-15(6-3)14-12-10-8-5-2/h3-6,11-14H2,1-2H3. The Balaban J connectivity index is 3.63. The van der Waals surface area contributed by atoms with Crippen LogP contribution in [-0.4, -0.2) is 24.5 Å². The Morgan fingerprint density at radius 1 is 0.867 bits per heavy atom. The molecule has 0 aromatic rings. The molecule has 0 amide bonds. The van der Waals surface area contributed by atoms with Crippen LogP contribution in [0.25, 0.3) is 0 Å². The molecular weight excluding hydrogens is 182 g/mol. The summed E-state index contributed by atoms with van der Waals surface area (Å²) in [6.07, 6.45) is 3.80. The summed E-state index contributed by atoms with van der Waals surface area (Å²) in [5.41, 5.74) is 0. The quantitative estimate of drug-likeness (QED) is 0.622. The maximum atomic E-state index is 3.91. The number of hydrogen-bond acceptors (Lipinski definition) is 1. The maximum absolute atomic E-state index is 3.91. The molecule has 0 spiro atoms. The van der Waals surface area contributed by atoms with Gasteiger partial charge in [-0.3, -0.25) is 0 Å². The second kappa shape index (κ2) is 11.2. The van der Waals surface area contributed by atoms with Crippen molar-refractivity contribution >= 4 is 0 Å². The normalized spacial score (nSPS) is 9.07. The molecule has 83 valence electrons. The number of hydrogen-bond donors (Lipinski definition) is 0. The third-order valence-corrected chi connectivity index (χ3v) is 2.03. The third kappa shape index (κ3) is 9.39. The monoisotopic (exact) mass is 204 g/mol.